The number of rotatable bonds is 5. The largest absolute Gasteiger partial charge is 0.336 e. The Morgan fingerprint density at radius 2 is 1.88 bits per heavy atom. The van der Waals surface area contributed by atoms with E-state index in [-0.39, 0.29) is 4.90 Å². The van der Waals surface area contributed by atoms with Crippen LogP contribution in [0.4, 0.5) is 4.39 Å². The van der Waals surface area contributed by atoms with Gasteiger partial charge < -0.3 is 4.57 Å². The van der Waals surface area contributed by atoms with Crippen molar-refractivity contribution >= 4 is 10.0 Å². The van der Waals surface area contributed by atoms with Crippen LogP contribution in [0.15, 0.2) is 59.8 Å². The highest BCUT2D eigenvalue weighted by Crippen LogP contribution is 2.24. The first-order valence-electron chi connectivity index (χ1n) is 8.10. The molecule has 136 valence electrons. The fraction of sp³-hybridized carbons (Fsp3) is 0.211. The average molecular weight is 373 g/mol. The van der Waals surface area contributed by atoms with E-state index in [0.717, 1.165) is 11.1 Å². The van der Waals surface area contributed by atoms with Crippen molar-refractivity contribution in [3.63, 3.8) is 0 Å². The van der Waals surface area contributed by atoms with Crippen LogP contribution in [0.3, 0.4) is 0 Å². The Morgan fingerprint density at radius 1 is 1.12 bits per heavy atom. The highest BCUT2D eigenvalue weighted by atomic mass is 32.2. The van der Waals surface area contributed by atoms with E-state index in [1.165, 1.54) is 12.1 Å². The van der Waals surface area contributed by atoms with Crippen LogP contribution in [0.2, 0.25) is 0 Å². The second-order valence-electron chi connectivity index (χ2n) is 6.25. The maximum Gasteiger partial charge on any atom is 0.241 e. The van der Waals surface area contributed by atoms with Crippen molar-refractivity contribution in [2.45, 2.75) is 24.8 Å². The molecule has 0 radical (unpaired) electrons. The monoisotopic (exact) mass is 373 g/mol. The molecular weight excluding hydrogens is 353 g/mol. The van der Waals surface area contributed by atoms with Crippen molar-refractivity contribution in [1.82, 2.24) is 14.3 Å². The van der Waals surface area contributed by atoms with Crippen molar-refractivity contribution < 1.29 is 12.8 Å². The lowest BCUT2D eigenvalue weighted by atomic mass is 10.1. The van der Waals surface area contributed by atoms with Crippen LogP contribution in [0.1, 0.15) is 28.6 Å². The molecule has 0 aliphatic carbocycles. The molecule has 7 heteroatoms. The van der Waals surface area contributed by atoms with Crippen molar-refractivity contribution in [1.29, 1.82) is 0 Å². The summed E-state index contributed by atoms with van der Waals surface area (Å²) < 4.78 is 43.9. The Bertz CT molecular complexity index is 1040. The zero-order valence-electron chi connectivity index (χ0n) is 14.8. The Balaban J connectivity index is 2.05. The maximum atomic E-state index is 13.7. The molecule has 26 heavy (non-hydrogen) atoms. The number of hydrogen-bond acceptors (Lipinski definition) is 3. The Labute approximate surface area is 152 Å². The lowest BCUT2D eigenvalue weighted by Crippen LogP contribution is -2.31. The molecule has 1 aromatic heterocycles. The number of imidazole rings is 1. The number of benzene rings is 2. The molecule has 0 aliphatic heterocycles. The predicted molar refractivity (Wildman–Crippen MR) is 97.7 cm³/mol. The highest BCUT2D eigenvalue weighted by molar-refractivity contribution is 7.89. The van der Waals surface area contributed by atoms with Gasteiger partial charge in [0.05, 0.1) is 4.90 Å². The first-order valence-corrected chi connectivity index (χ1v) is 9.58. The van der Waals surface area contributed by atoms with E-state index in [1.807, 2.05) is 13.8 Å². The lowest BCUT2D eigenvalue weighted by Gasteiger charge is -2.19. The summed E-state index contributed by atoms with van der Waals surface area (Å²) in [6.45, 7) is 3.78. The molecular formula is C19H20FN3O2S. The van der Waals surface area contributed by atoms with Gasteiger partial charge in [0, 0.05) is 19.4 Å². The SMILES string of the molecule is Cc1ccc(S(=O)(=O)N[C@@H](c2cccc(F)c2)c2nccn2C)cc1C. The minimum atomic E-state index is -3.83. The second-order valence-corrected chi connectivity index (χ2v) is 7.97. The zero-order chi connectivity index (χ0) is 18.9. The first-order chi connectivity index (χ1) is 12.3. The smallest absolute Gasteiger partial charge is 0.241 e. The minimum absolute atomic E-state index is 0.163. The van der Waals surface area contributed by atoms with Gasteiger partial charge in [-0.15, -0.1) is 0 Å². The summed E-state index contributed by atoms with van der Waals surface area (Å²) in [7, 11) is -2.07. The van der Waals surface area contributed by atoms with Crippen LogP contribution in [-0.4, -0.2) is 18.0 Å². The van der Waals surface area contributed by atoms with E-state index in [1.54, 1.807) is 54.3 Å². The molecule has 1 atom stereocenters. The third kappa shape index (κ3) is 3.68. The van der Waals surface area contributed by atoms with Crippen molar-refractivity contribution in [2.24, 2.45) is 7.05 Å². The molecule has 5 nitrogen and oxygen atoms in total. The molecule has 1 N–H and O–H groups in total. The molecule has 0 spiro atoms. The number of nitrogens with one attached hydrogen (secondary N) is 1. The number of sulfonamides is 1. The van der Waals surface area contributed by atoms with Gasteiger partial charge in [-0.25, -0.2) is 17.8 Å². The van der Waals surface area contributed by atoms with Gasteiger partial charge in [0.1, 0.15) is 17.7 Å². The van der Waals surface area contributed by atoms with Gasteiger partial charge in [-0.2, -0.15) is 4.72 Å². The summed E-state index contributed by atoms with van der Waals surface area (Å²) in [6, 6.07) is 9.99. The van der Waals surface area contributed by atoms with E-state index < -0.39 is 21.9 Å². The molecule has 3 aromatic rings. The fourth-order valence-corrected chi connectivity index (χ4v) is 3.98. The molecule has 0 fully saturated rings. The summed E-state index contributed by atoms with van der Waals surface area (Å²) in [5.74, 6) is 0.0371. The molecule has 2 aromatic carbocycles. The summed E-state index contributed by atoms with van der Waals surface area (Å²) in [6.07, 6.45) is 3.29. The molecule has 0 unspecified atom stereocenters. The summed E-state index contributed by atoms with van der Waals surface area (Å²) >= 11 is 0. The summed E-state index contributed by atoms with van der Waals surface area (Å²) in [5, 5.41) is 0. The van der Waals surface area contributed by atoms with E-state index in [2.05, 4.69) is 9.71 Å². The maximum absolute atomic E-state index is 13.7. The van der Waals surface area contributed by atoms with Gasteiger partial charge in [0.25, 0.3) is 0 Å². The predicted octanol–water partition coefficient (Wildman–Crippen LogP) is 3.24. The van der Waals surface area contributed by atoms with E-state index >= 15 is 0 Å². The van der Waals surface area contributed by atoms with Crippen molar-refractivity contribution in [2.75, 3.05) is 0 Å². The summed E-state index contributed by atoms with van der Waals surface area (Å²) in [4.78, 5) is 4.41. The molecule has 0 saturated heterocycles. The van der Waals surface area contributed by atoms with Crippen LogP contribution >= 0.6 is 0 Å². The van der Waals surface area contributed by atoms with Gasteiger partial charge in [0.15, 0.2) is 0 Å². The van der Waals surface area contributed by atoms with Gasteiger partial charge >= 0.3 is 0 Å². The molecule has 0 saturated carbocycles. The van der Waals surface area contributed by atoms with Crippen LogP contribution in [-0.2, 0) is 17.1 Å². The van der Waals surface area contributed by atoms with Crippen LogP contribution in [0.5, 0.6) is 0 Å². The third-order valence-corrected chi connectivity index (χ3v) is 5.78. The highest BCUT2D eigenvalue weighted by Gasteiger charge is 2.26. The normalized spacial score (nSPS) is 12.9. The molecule has 1 heterocycles. The third-order valence-electron chi connectivity index (χ3n) is 4.36. The first kappa shape index (κ1) is 18.3. The Kier molecular flexibility index (Phi) is 4.93. The number of halogens is 1. The van der Waals surface area contributed by atoms with Gasteiger partial charge in [-0.05, 0) is 54.8 Å². The molecule has 0 bridgehead atoms. The Hall–Kier alpha value is -2.51. The standard InChI is InChI=1S/C19H20FN3O2S/c1-13-7-8-17(11-14(13)2)26(24,25)22-18(19-21-9-10-23(19)3)15-5-4-6-16(20)12-15/h4-12,18,22H,1-3H3/t18-/m0/s1. The Morgan fingerprint density at radius 3 is 2.50 bits per heavy atom. The quantitative estimate of drug-likeness (QED) is 0.747. The van der Waals surface area contributed by atoms with Gasteiger partial charge in [-0.3, -0.25) is 0 Å². The van der Waals surface area contributed by atoms with E-state index in [9.17, 15) is 12.8 Å². The number of aromatic nitrogens is 2. The minimum Gasteiger partial charge on any atom is -0.336 e. The van der Waals surface area contributed by atoms with E-state index in [0.29, 0.717) is 11.4 Å². The number of nitrogens with zero attached hydrogens (tertiary/aromatic N) is 2. The number of hydrogen-bond donors (Lipinski definition) is 1. The fourth-order valence-electron chi connectivity index (χ4n) is 2.72. The van der Waals surface area contributed by atoms with Crippen LogP contribution in [0, 0.1) is 19.7 Å². The topological polar surface area (TPSA) is 64.0 Å². The molecule has 0 aliphatic rings. The molecule has 0 amide bonds. The number of aryl methyl sites for hydroxylation is 3. The molecule has 3 rings (SSSR count). The van der Waals surface area contributed by atoms with Gasteiger partial charge in [0.2, 0.25) is 10.0 Å². The van der Waals surface area contributed by atoms with E-state index in [4.69, 9.17) is 0 Å². The van der Waals surface area contributed by atoms with Crippen molar-refractivity contribution in [3.05, 3.63) is 83.2 Å². The lowest BCUT2D eigenvalue weighted by molar-refractivity contribution is 0.560. The second kappa shape index (κ2) is 7.01. The summed E-state index contributed by atoms with van der Waals surface area (Å²) in [5.41, 5.74) is 2.37. The average Bonchev–Trinajstić information content (AvgIpc) is 3.01. The van der Waals surface area contributed by atoms with Crippen molar-refractivity contribution in [3.8, 4) is 0 Å². The van der Waals surface area contributed by atoms with Gasteiger partial charge in [-0.1, -0.05) is 18.2 Å². The van der Waals surface area contributed by atoms with Crippen LogP contribution in [0.25, 0.3) is 0 Å². The zero-order valence-corrected chi connectivity index (χ0v) is 15.6. The van der Waals surface area contributed by atoms with Crippen LogP contribution < -0.4 is 4.72 Å².